The highest BCUT2D eigenvalue weighted by atomic mass is 35.5. The van der Waals surface area contributed by atoms with Gasteiger partial charge in [0.05, 0.1) is 0 Å². The molecule has 0 atom stereocenters. The number of nitrogens with zero attached hydrogens (tertiary/aromatic N) is 1. The summed E-state index contributed by atoms with van der Waals surface area (Å²) in [7, 11) is 0. The lowest BCUT2D eigenvalue weighted by atomic mass is 9.93. The van der Waals surface area contributed by atoms with E-state index in [9.17, 15) is 0 Å². The summed E-state index contributed by atoms with van der Waals surface area (Å²) in [4.78, 5) is 2.49. The van der Waals surface area contributed by atoms with Crippen LogP contribution in [0.25, 0.3) is 0 Å². The molecule has 0 spiro atoms. The fourth-order valence-corrected chi connectivity index (χ4v) is 4.14. The van der Waals surface area contributed by atoms with Gasteiger partial charge in [-0.05, 0) is 88.8 Å². The number of anilines is 1. The largest absolute Gasteiger partial charge is 0.372 e. The van der Waals surface area contributed by atoms with Crippen LogP contribution in [0, 0.1) is 0 Å². The average Bonchev–Trinajstić information content (AvgIpc) is 3.21. The zero-order chi connectivity index (χ0) is 21.8. The SMILES string of the molecule is CC(C)(C)NCc1ccc(Cl)c(CC(C)(C)NCc2cccc(N3CCCC3)c2)c1. The van der Waals surface area contributed by atoms with Crippen molar-refractivity contribution in [3.8, 4) is 0 Å². The maximum atomic E-state index is 6.55. The summed E-state index contributed by atoms with van der Waals surface area (Å²) in [5, 5.41) is 8.16. The Morgan fingerprint density at radius 1 is 0.867 bits per heavy atom. The van der Waals surface area contributed by atoms with Crippen molar-refractivity contribution in [1.82, 2.24) is 10.6 Å². The van der Waals surface area contributed by atoms with E-state index in [4.69, 9.17) is 11.6 Å². The highest BCUT2D eigenvalue weighted by Crippen LogP contribution is 2.24. The van der Waals surface area contributed by atoms with Crippen molar-refractivity contribution in [2.45, 2.75) is 78.0 Å². The molecule has 2 aromatic carbocycles. The Bertz CT molecular complexity index is 832. The third kappa shape index (κ3) is 7.01. The molecule has 1 fully saturated rings. The Kier molecular flexibility index (Phi) is 7.49. The number of nitrogens with one attached hydrogen (secondary N) is 2. The van der Waals surface area contributed by atoms with E-state index in [0.717, 1.165) is 24.5 Å². The number of rotatable bonds is 8. The van der Waals surface area contributed by atoms with Crippen LogP contribution in [-0.2, 0) is 19.5 Å². The number of halogens is 1. The number of benzene rings is 2. The normalized spacial score (nSPS) is 15.1. The molecule has 30 heavy (non-hydrogen) atoms. The van der Waals surface area contributed by atoms with Crippen LogP contribution < -0.4 is 15.5 Å². The van der Waals surface area contributed by atoms with Crippen molar-refractivity contribution in [3.05, 3.63) is 64.2 Å². The molecular formula is C26H38ClN3. The van der Waals surface area contributed by atoms with Crippen molar-refractivity contribution in [1.29, 1.82) is 0 Å². The van der Waals surface area contributed by atoms with E-state index in [0.29, 0.717) is 0 Å². The van der Waals surface area contributed by atoms with Crippen molar-refractivity contribution >= 4 is 17.3 Å². The highest BCUT2D eigenvalue weighted by Gasteiger charge is 2.20. The third-order valence-corrected chi connectivity index (χ3v) is 6.09. The molecule has 4 heteroatoms. The fourth-order valence-electron chi connectivity index (χ4n) is 3.96. The van der Waals surface area contributed by atoms with Crippen molar-refractivity contribution in [2.24, 2.45) is 0 Å². The lowest BCUT2D eigenvalue weighted by Crippen LogP contribution is -2.41. The molecule has 1 heterocycles. The predicted octanol–water partition coefficient (Wildman–Crippen LogP) is 5.94. The van der Waals surface area contributed by atoms with Gasteiger partial charge in [0.15, 0.2) is 0 Å². The summed E-state index contributed by atoms with van der Waals surface area (Å²) in [5.74, 6) is 0. The zero-order valence-electron chi connectivity index (χ0n) is 19.3. The highest BCUT2D eigenvalue weighted by molar-refractivity contribution is 6.31. The molecule has 0 aromatic heterocycles. The Morgan fingerprint density at radius 2 is 1.53 bits per heavy atom. The molecule has 1 aliphatic heterocycles. The van der Waals surface area contributed by atoms with E-state index in [-0.39, 0.29) is 11.1 Å². The van der Waals surface area contributed by atoms with Crippen LogP contribution in [-0.4, -0.2) is 24.2 Å². The molecule has 2 aromatic rings. The van der Waals surface area contributed by atoms with Gasteiger partial charge in [0.1, 0.15) is 0 Å². The van der Waals surface area contributed by atoms with Gasteiger partial charge in [-0.25, -0.2) is 0 Å². The molecule has 0 bridgehead atoms. The van der Waals surface area contributed by atoms with Crippen molar-refractivity contribution in [3.63, 3.8) is 0 Å². The summed E-state index contributed by atoms with van der Waals surface area (Å²) in [6.45, 7) is 15.2. The monoisotopic (exact) mass is 427 g/mol. The molecule has 0 unspecified atom stereocenters. The first kappa shape index (κ1) is 23.1. The first-order valence-corrected chi connectivity index (χ1v) is 11.6. The van der Waals surface area contributed by atoms with Crippen molar-refractivity contribution < 1.29 is 0 Å². The maximum Gasteiger partial charge on any atom is 0.0438 e. The molecule has 0 amide bonds. The first-order valence-electron chi connectivity index (χ1n) is 11.2. The predicted molar refractivity (Wildman–Crippen MR) is 131 cm³/mol. The Morgan fingerprint density at radius 3 is 2.23 bits per heavy atom. The second-order valence-corrected chi connectivity index (χ2v) is 10.7. The summed E-state index contributed by atoms with van der Waals surface area (Å²) in [6.07, 6.45) is 3.50. The van der Waals surface area contributed by atoms with Crippen LogP contribution in [0.2, 0.25) is 5.02 Å². The molecule has 0 aliphatic carbocycles. The average molecular weight is 428 g/mol. The topological polar surface area (TPSA) is 27.3 Å². The van der Waals surface area contributed by atoms with Gasteiger partial charge in [-0.15, -0.1) is 0 Å². The summed E-state index contributed by atoms with van der Waals surface area (Å²) >= 11 is 6.55. The van der Waals surface area contributed by atoms with Crippen LogP contribution in [0.1, 0.15) is 64.2 Å². The summed E-state index contributed by atoms with van der Waals surface area (Å²) in [6, 6.07) is 15.4. The molecule has 0 saturated carbocycles. The van der Waals surface area contributed by atoms with Gasteiger partial charge < -0.3 is 15.5 Å². The van der Waals surface area contributed by atoms with Gasteiger partial charge in [0, 0.05) is 48.0 Å². The lowest BCUT2D eigenvalue weighted by molar-refractivity contribution is 0.384. The molecule has 1 saturated heterocycles. The minimum atomic E-state index is -0.0522. The first-order chi connectivity index (χ1) is 14.1. The van der Waals surface area contributed by atoms with Gasteiger partial charge in [-0.3, -0.25) is 0 Å². The number of hydrogen-bond acceptors (Lipinski definition) is 3. The van der Waals surface area contributed by atoms with Crippen LogP contribution in [0.5, 0.6) is 0 Å². The van der Waals surface area contributed by atoms with E-state index >= 15 is 0 Å². The van der Waals surface area contributed by atoms with E-state index in [2.05, 4.69) is 86.6 Å². The molecule has 1 aliphatic rings. The summed E-state index contributed by atoms with van der Waals surface area (Å²) < 4.78 is 0. The van der Waals surface area contributed by atoms with Crippen LogP contribution in [0.15, 0.2) is 42.5 Å². The Hall–Kier alpha value is -1.55. The lowest BCUT2D eigenvalue weighted by Gasteiger charge is -2.28. The van der Waals surface area contributed by atoms with E-state index in [1.165, 1.54) is 48.3 Å². The van der Waals surface area contributed by atoms with Crippen molar-refractivity contribution in [2.75, 3.05) is 18.0 Å². The number of hydrogen-bond donors (Lipinski definition) is 2. The molecule has 3 rings (SSSR count). The van der Waals surface area contributed by atoms with Crippen LogP contribution >= 0.6 is 11.6 Å². The van der Waals surface area contributed by atoms with E-state index < -0.39 is 0 Å². The second-order valence-electron chi connectivity index (χ2n) is 10.3. The molecule has 164 valence electrons. The maximum absolute atomic E-state index is 6.55. The standard InChI is InChI=1S/C26H38ClN3/c1-25(2,3)28-18-21-11-12-24(27)22(15-21)17-26(4,5)29-19-20-9-8-10-23(16-20)30-13-6-7-14-30/h8-12,15-16,28-29H,6-7,13-14,17-19H2,1-5H3. The van der Waals surface area contributed by atoms with Gasteiger partial charge >= 0.3 is 0 Å². The fraction of sp³-hybridized carbons (Fsp3) is 0.538. The van der Waals surface area contributed by atoms with Gasteiger partial charge in [0.2, 0.25) is 0 Å². The Balaban J connectivity index is 1.61. The quantitative estimate of drug-likeness (QED) is 0.545. The van der Waals surface area contributed by atoms with Gasteiger partial charge in [-0.2, -0.15) is 0 Å². The molecule has 3 nitrogen and oxygen atoms in total. The Labute approximate surface area is 188 Å². The molecule has 0 radical (unpaired) electrons. The summed E-state index contributed by atoms with van der Waals surface area (Å²) in [5.41, 5.74) is 5.22. The minimum Gasteiger partial charge on any atom is -0.372 e. The molecule has 2 N–H and O–H groups in total. The van der Waals surface area contributed by atoms with Gasteiger partial charge in [0.25, 0.3) is 0 Å². The van der Waals surface area contributed by atoms with E-state index in [1.54, 1.807) is 0 Å². The third-order valence-electron chi connectivity index (χ3n) is 5.72. The van der Waals surface area contributed by atoms with Crippen LogP contribution in [0.3, 0.4) is 0 Å². The van der Waals surface area contributed by atoms with Crippen LogP contribution in [0.4, 0.5) is 5.69 Å². The smallest absolute Gasteiger partial charge is 0.0438 e. The minimum absolute atomic E-state index is 0.0522. The second kappa shape index (κ2) is 9.72. The van der Waals surface area contributed by atoms with E-state index in [1.807, 2.05) is 6.07 Å². The molecular weight excluding hydrogens is 390 g/mol. The zero-order valence-corrected chi connectivity index (χ0v) is 20.1. The van der Waals surface area contributed by atoms with Gasteiger partial charge in [-0.1, -0.05) is 35.9 Å².